The quantitative estimate of drug-likeness (QED) is 0.812. The first-order valence-corrected chi connectivity index (χ1v) is 6.49. The summed E-state index contributed by atoms with van der Waals surface area (Å²) in [5.74, 6) is 0.771. The Bertz CT molecular complexity index is 299. The third-order valence-electron chi connectivity index (χ3n) is 1.74. The molecule has 1 aromatic rings. The van der Waals surface area contributed by atoms with Gasteiger partial charge in [0.25, 0.3) is 0 Å². The van der Waals surface area contributed by atoms with Crippen LogP contribution in [-0.4, -0.2) is 9.96 Å². The molecule has 0 heterocycles. The summed E-state index contributed by atoms with van der Waals surface area (Å²) in [5, 5.41) is 0. The van der Waals surface area contributed by atoms with Crippen LogP contribution >= 0.6 is 15.9 Å². The van der Waals surface area contributed by atoms with E-state index < -0.39 is 10.8 Å². The Balaban J connectivity index is 2.66. The van der Waals surface area contributed by atoms with Gasteiger partial charge in [0.15, 0.2) is 0 Å². The molecule has 0 aromatic heterocycles. The highest BCUT2D eigenvalue weighted by Gasteiger charge is 2.02. The van der Waals surface area contributed by atoms with Crippen LogP contribution in [0.4, 0.5) is 0 Å². The van der Waals surface area contributed by atoms with E-state index in [0.29, 0.717) is 0 Å². The van der Waals surface area contributed by atoms with E-state index in [9.17, 15) is 4.21 Å². The van der Waals surface area contributed by atoms with Gasteiger partial charge in [0.05, 0.1) is 10.8 Å². The molecule has 0 N–H and O–H groups in total. The number of benzene rings is 1. The van der Waals surface area contributed by atoms with E-state index in [1.165, 1.54) is 0 Å². The molecule has 13 heavy (non-hydrogen) atoms. The molecule has 0 bridgehead atoms. The minimum absolute atomic E-state index is 0.771. The molecule has 1 rings (SSSR count). The van der Waals surface area contributed by atoms with Gasteiger partial charge in [-0.05, 0) is 24.6 Å². The van der Waals surface area contributed by atoms with Crippen molar-refractivity contribution in [2.45, 2.75) is 24.7 Å². The maximum atomic E-state index is 11.6. The zero-order valence-corrected chi connectivity index (χ0v) is 10.0. The van der Waals surface area contributed by atoms with Gasteiger partial charge in [-0.2, -0.15) is 0 Å². The predicted octanol–water partition coefficient (Wildman–Crippen LogP) is 3.36. The molecule has 0 fully saturated rings. The van der Waals surface area contributed by atoms with Crippen molar-refractivity contribution in [2.24, 2.45) is 0 Å². The molecule has 0 unspecified atom stereocenters. The van der Waals surface area contributed by atoms with Crippen LogP contribution in [0, 0.1) is 0 Å². The second-order valence-corrected chi connectivity index (χ2v) is 5.35. The van der Waals surface area contributed by atoms with E-state index in [0.717, 1.165) is 28.0 Å². The van der Waals surface area contributed by atoms with Crippen molar-refractivity contribution in [3.05, 3.63) is 28.7 Å². The topological polar surface area (TPSA) is 17.1 Å². The predicted molar refractivity (Wildman–Crippen MR) is 60.3 cm³/mol. The summed E-state index contributed by atoms with van der Waals surface area (Å²) in [5.41, 5.74) is 0. The average Bonchev–Trinajstić information content (AvgIpc) is 2.14. The highest BCUT2D eigenvalue weighted by Crippen LogP contribution is 2.15. The third-order valence-corrected chi connectivity index (χ3v) is 3.67. The largest absolute Gasteiger partial charge is 0.254 e. The Morgan fingerprint density at radius 1 is 1.46 bits per heavy atom. The Kier molecular flexibility index (Phi) is 4.67. The summed E-state index contributed by atoms with van der Waals surface area (Å²) in [4.78, 5) is 0.919. The van der Waals surface area contributed by atoms with Crippen molar-refractivity contribution in [1.29, 1.82) is 0 Å². The minimum Gasteiger partial charge on any atom is -0.254 e. The van der Waals surface area contributed by atoms with Crippen LogP contribution in [0.25, 0.3) is 0 Å². The Labute approximate surface area is 90.1 Å². The number of rotatable bonds is 4. The highest BCUT2D eigenvalue weighted by atomic mass is 79.9. The lowest BCUT2D eigenvalue weighted by atomic mass is 10.4. The van der Waals surface area contributed by atoms with Gasteiger partial charge in [0.2, 0.25) is 0 Å². The summed E-state index contributed by atoms with van der Waals surface area (Å²) < 4.78 is 12.6. The van der Waals surface area contributed by atoms with Crippen LogP contribution in [0.3, 0.4) is 0 Å². The lowest BCUT2D eigenvalue weighted by Crippen LogP contribution is -1.97. The fraction of sp³-hybridized carbons (Fsp3) is 0.400. The van der Waals surface area contributed by atoms with E-state index in [1.807, 2.05) is 24.3 Å². The van der Waals surface area contributed by atoms with Crippen molar-refractivity contribution in [2.75, 3.05) is 5.75 Å². The molecule has 1 atom stereocenters. The Morgan fingerprint density at radius 3 is 2.85 bits per heavy atom. The normalized spacial score (nSPS) is 12.8. The van der Waals surface area contributed by atoms with Crippen molar-refractivity contribution in [3.8, 4) is 0 Å². The van der Waals surface area contributed by atoms with Crippen molar-refractivity contribution >= 4 is 26.7 Å². The number of unbranched alkanes of at least 4 members (excludes halogenated alkanes) is 1. The molecule has 0 spiro atoms. The molecule has 0 aliphatic heterocycles. The molecule has 0 saturated carbocycles. The van der Waals surface area contributed by atoms with E-state index in [4.69, 9.17) is 0 Å². The zero-order chi connectivity index (χ0) is 9.68. The monoisotopic (exact) mass is 260 g/mol. The molecule has 3 heteroatoms. The van der Waals surface area contributed by atoms with Crippen LogP contribution in [0.1, 0.15) is 19.8 Å². The number of halogens is 1. The molecule has 0 aliphatic rings. The molecule has 0 amide bonds. The molecular formula is C10H13BrOS. The number of hydrogen-bond acceptors (Lipinski definition) is 1. The molecule has 72 valence electrons. The Hall–Kier alpha value is -0.150. The SMILES string of the molecule is CCCC[S@@](=O)c1cccc(Br)c1. The minimum atomic E-state index is -0.824. The van der Waals surface area contributed by atoms with Crippen LogP contribution in [0.5, 0.6) is 0 Å². The lowest BCUT2D eigenvalue weighted by molar-refractivity contribution is 0.679. The maximum Gasteiger partial charge on any atom is 0.0529 e. The maximum absolute atomic E-state index is 11.6. The van der Waals surface area contributed by atoms with E-state index in [1.54, 1.807) is 0 Å². The molecule has 0 saturated heterocycles. The van der Waals surface area contributed by atoms with Crippen molar-refractivity contribution < 1.29 is 4.21 Å². The summed E-state index contributed by atoms with van der Waals surface area (Å²) in [7, 11) is -0.824. The van der Waals surface area contributed by atoms with Crippen molar-refractivity contribution in [3.63, 3.8) is 0 Å². The first kappa shape index (κ1) is 10.9. The second-order valence-electron chi connectivity index (χ2n) is 2.86. The summed E-state index contributed by atoms with van der Waals surface area (Å²) in [6.07, 6.45) is 2.12. The van der Waals surface area contributed by atoms with Gasteiger partial charge in [-0.15, -0.1) is 0 Å². The standard InChI is InChI=1S/C10H13BrOS/c1-2-3-7-13(12)10-6-4-5-9(11)8-10/h4-6,8H,2-3,7H2,1H3/t13-/m1/s1. The van der Waals surface area contributed by atoms with Crippen LogP contribution in [-0.2, 0) is 10.8 Å². The van der Waals surface area contributed by atoms with Gasteiger partial charge in [0, 0.05) is 15.1 Å². The number of hydrogen-bond donors (Lipinski definition) is 0. The highest BCUT2D eigenvalue weighted by molar-refractivity contribution is 9.10. The molecule has 1 aromatic carbocycles. The van der Waals surface area contributed by atoms with E-state index in [-0.39, 0.29) is 0 Å². The summed E-state index contributed by atoms with van der Waals surface area (Å²) >= 11 is 3.36. The van der Waals surface area contributed by atoms with Gasteiger partial charge >= 0.3 is 0 Å². The second kappa shape index (κ2) is 5.55. The van der Waals surface area contributed by atoms with E-state index >= 15 is 0 Å². The summed E-state index contributed by atoms with van der Waals surface area (Å²) in [6.45, 7) is 2.11. The lowest BCUT2D eigenvalue weighted by Gasteiger charge is -2.01. The van der Waals surface area contributed by atoms with Gasteiger partial charge in [-0.3, -0.25) is 4.21 Å². The van der Waals surface area contributed by atoms with E-state index in [2.05, 4.69) is 22.9 Å². The van der Waals surface area contributed by atoms with Crippen LogP contribution < -0.4 is 0 Å². The smallest absolute Gasteiger partial charge is 0.0529 e. The van der Waals surface area contributed by atoms with Gasteiger partial charge < -0.3 is 0 Å². The van der Waals surface area contributed by atoms with Crippen molar-refractivity contribution in [1.82, 2.24) is 0 Å². The molecule has 0 aliphatic carbocycles. The van der Waals surface area contributed by atoms with Crippen LogP contribution in [0.15, 0.2) is 33.6 Å². The summed E-state index contributed by atoms with van der Waals surface area (Å²) in [6, 6.07) is 7.70. The van der Waals surface area contributed by atoms with Crippen LogP contribution in [0.2, 0.25) is 0 Å². The van der Waals surface area contributed by atoms with Gasteiger partial charge in [0.1, 0.15) is 0 Å². The van der Waals surface area contributed by atoms with Gasteiger partial charge in [-0.1, -0.05) is 35.3 Å². The third kappa shape index (κ3) is 3.61. The average molecular weight is 261 g/mol. The zero-order valence-electron chi connectivity index (χ0n) is 7.63. The fourth-order valence-corrected chi connectivity index (χ4v) is 2.83. The Morgan fingerprint density at radius 2 is 2.23 bits per heavy atom. The molecule has 1 nitrogen and oxygen atoms in total. The molecule has 0 radical (unpaired) electrons. The first-order chi connectivity index (χ1) is 6.24. The molecular weight excluding hydrogens is 248 g/mol. The van der Waals surface area contributed by atoms with Gasteiger partial charge in [-0.25, -0.2) is 0 Å². The first-order valence-electron chi connectivity index (χ1n) is 4.38. The fourth-order valence-electron chi connectivity index (χ4n) is 1.00.